The van der Waals surface area contributed by atoms with Crippen molar-refractivity contribution in [3.63, 3.8) is 0 Å². The van der Waals surface area contributed by atoms with Crippen molar-refractivity contribution in [3.05, 3.63) is 23.3 Å². The summed E-state index contributed by atoms with van der Waals surface area (Å²) in [4.78, 5) is 4.56. The van der Waals surface area contributed by atoms with Crippen molar-refractivity contribution in [3.8, 4) is 0 Å². The number of nitrogens with zero attached hydrogens (tertiary/aromatic N) is 2. The molecule has 0 aliphatic rings. The van der Waals surface area contributed by atoms with Crippen LogP contribution in [-0.2, 0) is 7.05 Å². The molecule has 0 atom stereocenters. The first-order chi connectivity index (χ1) is 6.63. The standard InChI is InChI=1S/C11H14N2S/c1-7-5-9-10(6-8(7)2)13(3)11(12-9)14-4/h5-6H,1-4H3. The first-order valence-electron chi connectivity index (χ1n) is 4.61. The first-order valence-corrected chi connectivity index (χ1v) is 5.83. The van der Waals surface area contributed by atoms with Crippen molar-refractivity contribution in [2.75, 3.05) is 6.26 Å². The molecule has 0 N–H and O–H groups in total. The highest BCUT2D eigenvalue weighted by molar-refractivity contribution is 7.98. The maximum atomic E-state index is 4.56. The molecule has 2 rings (SSSR count). The van der Waals surface area contributed by atoms with E-state index in [0.717, 1.165) is 10.7 Å². The highest BCUT2D eigenvalue weighted by atomic mass is 32.2. The Hall–Kier alpha value is -0.960. The van der Waals surface area contributed by atoms with E-state index in [4.69, 9.17) is 0 Å². The fraction of sp³-hybridized carbons (Fsp3) is 0.364. The summed E-state index contributed by atoms with van der Waals surface area (Å²) in [5, 5.41) is 1.07. The van der Waals surface area contributed by atoms with Crippen LogP contribution in [0.3, 0.4) is 0 Å². The van der Waals surface area contributed by atoms with Crippen LogP contribution in [0.1, 0.15) is 11.1 Å². The molecule has 0 spiro atoms. The van der Waals surface area contributed by atoms with Crippen LogP contribution in [0.15, 0.2) is 17.3 Å². The van der Waals surface area contributed by atoms with Gasteiger partial charge in [0.05, 0.1) is 11.0 Å². The summed E-state index contributed by atoms with van der Waals surface area (Å²) >= 11 is 1.68. The highest BCUT2D eigenvalue weighted by Crippen LogP contribution is 2.23. The molecular formula is C11H14N2S. The van der Waals surface area contributed by atoms with Gasteiger partial charge >= 0.3 is 0 Å². The number of fused-ring (bicyclic) bond motifs is 1. The SMILES string of the molecule is CSc1nc2cc(C)c(C)cc2n1C. The van der Waals surface area contributed by atoms with Gasteiger partial charge in [0, 0.05) is 7.05 Å². The van der Waals surface area contributed by atoms with Crippen LogP contribution in [-0.4, -0.2) is 15.8 Å². The molecule has 0 aliphatic carbocycles. The fourth-order valence-electron chi connectivity index (χ4n) is 1.61. The Morgan fingerprint density at radius 3 is 2.50 bits per heavy atom. The van der Waals surface area contributed by atoms with Gasteiger partial charge in [0.25, 0.3) is 0 Å². The monoisotopic (exact) mass is 206 g/mol. The number of benzene rings is 1. The maximum Gasteiger partial charge on any atom is 0.168 e. The second kappa shape index (κ2) is 3.31. The van der Waals surface area contributed by atoms with Crippen molar-refractivity contribution >= 4 is 22.8 Å². The van der Waals surface area contributed by atoms with E-state index >= 15 is 0 Å². The molecule has 1 aromatic heterocycles. The minimum Gasteiger partial charge on any atom is -0.322 e. The molecule has 14 heavy (non-hydrogen) atoms. The van der Waals surface area contributed by atoms with Crippen LogP contribution in [0.2, 0.25) is 0 Å². The lowest BCUT2D eigenvalue weighted by atomic mass is 10.1. The molecule has 2 aromatic rings. The van der Waals surface area contributed by atoms with Crippen molar-refractivity contribution < 1.29 is 0 Å². The third-order valence-corrected chi connectivity index (χ3v) is 3.37. The van der Waals surface area contributed by atoms with Crippen molar-refractivity contribution in [1.29, 1.82) is 0 Å². The predicted octanol–water partition coefficient (Wildman–Crippen LogP) is 2.91. The zero-order valence-electron chi connectivity index (χ0n) is 8.96. The third-order valence-electron chi connectivity index (χ3n) is 2.64. The summed E-state index contributed by atoms with van der Waals surface area (Å²) in [5.74, 6) is 0. The van der Waals surface area contributed by atoms with Crippen molar-refractivity contribution in [1.82, 2.24) is 9.55 Å². The van der Waals surface area contributed by atoms with E-state index in [2.05, 4.69) is 48.8 Å². The van der Waals surface area contributed by atoms with Gasteiger partial charge in [0.2, 0.25) is 0 Å². The summed E-state index contributed by atoms with van der Waals surface area (Å²) in [6.07, 6.45) is 2.06. The van der Waals surface area contributed by atoms with E-state index in [0.29, 0.717) is 0 Å². The second-order valence-electron chi connectivity index (χ2n) is 3.58. The van der Waals surface area contributed by atoms with E-state index < -0.39 is 0 Å². The third kappa shape index (κ3) is 1.32. The molecule has 0 bridgehead atoms. The van der Waals surface area contributed by atoms with E-state index in [-0.39, 0.29) is 0 Å². The Bertz CT molecular complexity index is 485. The Morgan fingerprint density at radius 1 is 1.21 bits per heavy atom. The van der Waals surface area contributed by atoms with Crippen LogP contribution in [0.5, 0.6) is 0 Å². The Balaban J connectivity index is 2.80. The van der Waals surface area contributed by atoms with E-state index in [1.165, 1.54) is 16.6 Å². The van der Waals surface area contributed by atoms with E-state index in [9.17, 15) is 0 Å². The summed E-state index contributed by atoms with van der Waals surface area (Å²) in [6, 6.07) is 4.36. The second-order valence-corrected chi connectivity index (χ2v) is 4.36. The van der Waals surface area contributed by atoms with Gasteiger partial charge in [-0.1, -0.05) is 11.8 Å². The lowest BCUT2D eigenvalue weighted by molar-refractivity contribution is 0.816. The molecule has 0 radical (unpaired) electrons. The quantitative estimate of drug-likeness (QED) is 0.668. The molecule has 0 aliphatic heterocycles. The van der Waals surface area contributed by atoms with Gasteiger partial charge in [-0.2, -0.15) is 0 Å². The molecule has 0 unspecified atom stereocenters. The average Bonchev–Trinajstić information content (AvgIpc) is 2.45. The number of hydrogen-bond donors (Lipinski definition) is 0. The topological polar surface area (TPSA) is 17.8 Å². The van der Waals surface area contributed by atoms with Crippen LogP contribution < -0.4 is 0 Å². The van der Waals surface area contributed by atoms with E-state index in [1.54, 1.807) is 11.8 Å². The summed E-state index contributed by atoms with van der Waals surface area (Å²) in [5.41, 5.74) is 4.95. The predicted molar refractivity (Wildman–Crippen MR) is 62.0 cm³/mol. The zero-order chi connectivity index (χ0) is 10.3. The number of aryl methyl sites for hydroxylation is 3. The summed E-state index contributed by atoms with van der Waals surface area (Å²) in [6.45, 7) is 4.27. The van der Waals surface area contributed by atoms with Crippen LogP contribution in [0, 0.1) is 13.8 Å². The number of aromatic nitrogens is 2. The molecule has 0 saturated heterocycles. The first kappa shape index (κ1) is 9.59. The van der Waals surface area contributed by atoms with Crippen LogP contribution >= 0.6 is 11.8 Å². The van der Waals surface area contributed by atoms with Gasteiger partial charge in [-0.25, -0.2) is 4.98 Å². The summed E-state index contributed by atoms with van der Waals surface area (Å²) in [7, 11) is 2.07. The molecule has 0 amide bonds. The molecule has 1 heterocycles. The highest BCUT2D eigenvalue weighted by Gasteiger charge is 2.07. The van der Waals surface area contributed by atoms with Gasteiger partial charge < -0.3 is 4.57 Å². The largest absolute Gasteiger partial charge is 0.322 e. The average molecular weight is 206 g/mol. The maximum absolute atomic E-state index is 4.56. The Morgan fingerprint density at radius 2 is 1.86 bits per heavy atom. The van der Waals surface area contributed by atoms with Crippen molar-refractivity contribution in [2.24, 2.45) is 7.05 Å². The van der Waals surface area contributed by atoms with Gasteiger partial charge in [0.15, 0.2) is 5.16 Å². The molecular weight excluding hydrogens is 192 g/mol. The van der Waals surface area contributed by atoms with Crippen molar-refractivity contribution in [2.45, 2.75) is 19.0 Å². The number of imidazole rings is 1. The lowest BCUT2D eigenvalue weighted by Crippen LogP contribution is -1.90. The molecule has 1 aromatic carbocycles. The Kier molecular flexibility index (Phi) is 2.27. The van der Waals surface area contributed by atoms with Gasteiger partial charge in [-0.3, -0.25) is 0 Å². The zero-order valence-corrected chi connectivity index (χ0v) is 9.77. The van der Waals surface area contributed by atoms with Gasteiger partial charge in [-0.05, 0) is 43.4 Å². The van der Waals surface area contributed by atoms with Gasteiger partial charge in [-0.15, -0.1) is 0 Å². The van der Waals surface area contributed by atoms with Crippen LogP contribution in [0.25, 0.3) is 11.0 Å². The van der Waals surface area contributed by atoms with Gasteiger partial charge in [0.1, 0.15) is 0 Å². The number of rotatable bonds is 1. The molecule has 2 nitrogen and oxygen atoms in total. The Labute approximate surface area is 88.3 Å². The molecule has 3 heteroatoms. The summed E-state index contributed by atoms with van der Waals surface area (Å²) < 4.78 is 2.15. The van der Waals surface area contributed by atoms with Crippen LogP contribution in [0.4, 0.5) is 0 Å². The normalized spacial score (nSPS) is 11.1. The van der Waals surface area contributed by atoms with E-state index in [1.807, 2.05) is 0 Å². The molecule has 0 fully saturated rings. The fourth-order valence-corrected chi connectivity index (χ4v) is 2.17. The lowest BCUT2D eigenvalue weighted by Gasteiger charge is -2.01. The number of hydrogen-bond acceptors (Lipinski definition) is 2. The molecule has 74 valence electrons. The molecule has 0 saturated carbocycles. The minimum absolute atomic E-state index is 1.07. The number of thioether (sulfide) groups is 1. The minimum atomic E-state index is 1.07. The smallest absolute Gasteiger partial charge is 0.168 e.